The first-order valence-corrected chi connectivity index (χ1v) is 6.38. The zero-order valence-corrected chi connectivity index (χ0v) is 10.3. The van der Waals surface area contributed by atoms with Crippen LogP contribution in [0.3, 0.4) is 0 Å². The molecule has 0 aromatic heterocycles. The molecule has 0 radical (unpaired) electrons. The molecular weight excluding hydrogens is 238 g/mol. The smallest absolute Gasteiger partial charge is 0.289 e. The summed E-state index contributed by atoms with van der Waals surface area (Å²) in [5.74, 6) is 0.892. The molecule has 0 bridgehead atoms. The topological polar surface area (TPSA) is 46.6 Å². The van der Waals surface area contributed by atoms with Crippen LogP contribution in [0.2, 0.25) is 0 Å². The number of carbonyl (C=O) groups is 2. The molecule has 4 nitrogen and oxygen atoms in total. The summed E-state index contributed by atoms with van der Waals surface area (Å²) >= 11 is 1.05. The Hall–Kier alpha value is -1.49. The Labute approximate surface area is 104 Å². The van der Waals surface area contributed by atoms with Gasteiger partial charge in [0.2, 0.25) is 5.91 Å². The number of hydrogen-bond acceptors (Lipinski definition) is 4. The van der Waals surface area contributed by atoms with Crippen molar-refractivity contribution in [3.05, 3.63) is 29.8 Å². The fraction of sp³-hybridized carbons (Fsp3) is 0.333. The van der Waals surface area contributed by atoms with Gasteiger partial charge in [-0.2, -0.15) is 0 Å². The van der Waals surface area contributed by atoms with E-state index in [1.807, 2.05) is 31.2 Å². The highest BCUT2D eigenvalue weighted by Gasteiger charge is 2.29. The number of hydrogen-bond donors (Lipinski definition) is 0. The fourth-order valence-electron chi connectivity index (χ4n) is 1.62. The standard InChI is InChI=1S/C12H13NO3S/c1-2-16-10-5-3-4-9(6-10)7-13-11(14)8-17-12(13)15/h3-6H,2,7-8H2,1H3. The number of benzene rings is 1. The van der Waals surface area contributed by atoms with Crippen LogP contribution in [0.25, 0.3) is 0 Å². The largest absolute Gasteiger partial charge is 0.494 e. The molecular formula is C12H13NO3S. The Morgan fingerprint density at radius 3 is 2.88 bits per heavy atom. The highest BCUT2D eigenvalue weighted by atomic mass is 32.2. The lowest BCUT2D eigenvalue weighted by Crippen LogP contribution is -2.27. The van der Waals surface area contributed by atoms with Crippen molar-refractivity contribution in [2.75, 3.05) is 12.4 Å². The van der Waals surface area contributed by atoms with Crippen LogP contribution in [0.15, 0.2) is 24.3 Å². The van der Waals surface area contributed by atoms with Crippen LogP contribution in [0.5, 0.6) is 5.75 Å². The van der Waals surface area contributed by atoms with Gasteiger partial charge in [-0.1, -0.05) is 23.9 Å². The molecule has 0 saturated carbocycles. The molecule has 1 aliphatic rings. The van der Waals surface area contributed by atoms with E-state index in [4.69, 9.17) is 4.74 Å². The molecule has 1 saturated heterocycles. The number of imide groups is 1. The number of amides is 2. The lowest BCUT2D eigenvalue weighted by atomic mass is 10.2. The van der Waals surface area contributed by atoms with Gasteiger partial charge in [-0.3, -0.25) is 14.5 Å². The van der Waals surface area contributed by atoms with E-state index in [0.29, 0.717) is 13.2 Å². The highest BCUT2D eigenvalue weighted by molar-refractivity contribution is 8.14. The predicted molar refractivity (Wildman–Crippen MR) is 66.0 cm³/mol. The molecule has 1 aliphatic heterocycles. The Balaban J connectivity index is 2.10. The zero-order valence-electron chi connectivity index (χ0n) is 9.51. The third-order valence-corrected chi connectivity index (χ3v) is 3.25. The van der Waals surface area contributed by atoms with Gasteiger partial charge in [-0.25, -0.2) is 0 Å². The third-order valence-electron chi connectivity index (χ3n) is 2.39. The SMILES string of the molecule is CCOc1cccc(CN2C(=O)CSC2=O)c1. The van der Waals surface area contributed by atoms with Crippen LogP contribution in [0.4, 0.5) is 4.79 Å². The van der Waals surface area contributed by atoms with Crippen molar-refractivity contribution in [2.24, 2.45) is 0 Å². The summed E-state index contributed by atoms with van der Waals surface area (Å²) < 4.78 is 5.37. The first-order chi connectivity index (χ1) is 8.20. The molecule has 0 unspecified atom stereocenters. The quantitative estimate of drug-likeness (QED) is 0.823. The van der Waals surface area contributed by atoms with Crippen molar-refractivity contribution in [3.63, 3.8) is 0 Å². The molecule has 17 heavy (non-hydrogen) atoms. The van der Waals surface area contributed by atoms with Crippen LogP contribution < -0.4 is 4.74 Å². The van der Waals surface area contributed by atoms with Gasteiger partial charge >= 0.3 is 0 Å². The number of nitrogens with zero attached hydrogens (tertiary/aromatic N) is 1. The van der Waals surface area contributed by atoms with Crippen molar-refractivity contribution in [1.82, 2.24) is 4.90 Å². The van der Waals surface area contributed by atoms with Crippen molar-refractivity contribution in [1.29, 1.82) is 0 Å². The second-order valence-electron chi connectivity index (χ2n) is 3.61. The Kier molecular flexibility index (Phi) is 3.68. The molecule has 90 valence electrons. The minimum Gasteiger partial charge on any atom is -0.494 e. The fourth-order valence-corrected chi connectivity index (χ4v) is 2.34. The summed E-state index contributed by atoms with van der Waals surface area (Å²) in [5, 5.41) is -0.170. The molecule has 1 heterocycles. The molecule has 2 amide bonds. The predicted octanol–water partition coefficient (Wildman–Crippen LogP) is 2.28. The van der Waals surface area contributed by atoms with E-state index >= 15 is 0 Å². The summed E-state index contributed by atoms with van der Waals surface area (Å²) in [6.45, 7) is 2.84. The minimum absolute atomic E-state index is 0.123. The van der Waals surface area contributed by atoms with Gasteiger partial charge in [-0.05, 0) is 24.6 Å². The van der Waals surface area contributed by atoms with E-state index in [2.05, 4.69) is 0 Å². The third kappa shape index (κ3) is 2.79. The van der Waals surface area contributed by atoms with Crippen molar-refractivity contribution >= 4 is 22.9 Å². The molecule has 0 spiro atoms. The first-order valence-electron chi connectivity index (χ1n) is 5.39. The molecule has 0 aliphatic carbocycles. The van der Waals surface area contributed by atoms with Crippen molar-refractivity contribution in [2.45, 2.75) is 13.5 Å². The van der Waals surface area contributed by atoms with Gasteiger partial charge in [0.15, 0.2) is 0 Å². The van der Waals surface area contributed by atoms with Gasteiger partial charge in [-0.15, -0.1) is 0 Å². The van der Waals surface area contributed by atoms with E-state index in [0.717, 1.165) is 23.1 Å². The van der Waals surface area contributed by atoms with Gasteiger partial charge in [0.1, 0.15) is 5.75 Å². The van der Waals surface area contributed by atoms with Crippen LogP contribution in [-0.4, -0.2) is 28.4 Å². The zero-order chi connectivity index (χ0) is 12.3. The monoisotopic (exact) mass is 251 g/mol. The number of ether oxygens (including phenoxy) is 1. The van der Waals surface area contributed by atoms with E-state index in [9.17, 15) is 9.59 Å². The van der Waals surface area contributed by atoms with Crippen LogP contribution in [0, 0.1) is 0 Å². The van der Waals surface area contributed by atoms with E-state index in [-0.39, 0.29) is 16.9 Å². The average molecular weight is 251 g/mol. The molecule has 1 aromatic carbocycles. The second kappa shape index (κ2) is 5.23. The van der Waals surface area contributed by atoms with Gasteiger partial charge in [0.05, 0.1) is 18.9 Å². The summed E-state index contributed by atoms with van der Waals surface area (Å²) in [6, 6.07) is 7.45. The second-order valence-corrected chi connectivity index (χ2v) is 4.54. The maximum absolute atomic E-state index is 11.5. The van der Waals surface area contributed by atoms with Crippen molar-refractivity contribution < 1.29 is 14.3 Å². The molecule has 0 atom stereocenters. The van der Waals surface area contributed by atoms with Crippen LogP contribution >= 0.6 is 11.8 Å². The molecule has 1 aromatic rings. The maximum atomic E-state index is 11.5. The Morgan fingerprint density at radius 2 is 2.24 bits per heavy atom. The van der Waals surface area contributed by atoms with Crippen LogP contribution in [0.1, 0.15) is 12.5 Å². The Morgan fingerprint density at radius 1 is 1.41 bits per heavy atom. The summed E-state index contributed by atoms with van der Waals surface area (Å²) in [7, 11) is 0. The average Bonchev–Trinajstić information content (AvgIpc) is 2.62. The van der Waals surface area contributed by atoms with Crippen LogP contribution in [-0.2, 0) is 11.3 Å². The number of rotatable bonds is 4. The first kappa shape index (κ1) is 12.0. The van der Waals surface area contributed by atoms with E-state index < -0.39 is 0 Å². The molecule has 5 heteroatoms. The maximum Gasteiger partial charge on any atom is 0.289 e. The lowest BCUT2D eigenvalue weighted by Gasteiger charge is -2.13. The number of carbonyl (C=O) groups excluding carboxylic acids is 2. The van der Waals surface area contributed by atoms with Gasteiger partial charge < -0.3 is 4.74 Å². The summed E-state index contributed by atoms with van der Waals surface area (Å²) in [6.07, 6.45) is 0. The molecule has 0 N–H and O–H groups in total. The Bertz CT molecular complexity index is 431. The number of thioether (sulfide) groups is 1. The van der Waals surface area contributed by atoms with Gasteiger partial charge in [0.25, 0.3) is 5.24 Å². The lowest BCUT2D eigenvalue weighted by molar-refractivity contribution is -0.125. The summed E-state index contributed by atoms with van der Waals surface area (Å²) in [4.78, 5) is 24.2. The van der Waals surface area contributed by atoms with Gasteiger partial charge in [0, 0.05) is 0 Å². The normalized spacial score (nSPS) is 15.5. The molecule has 2 rings (SSSR count). The van der Waals surface area contributed by atoms with Crippen molar-refractivity contribution in [3.8, 4) is 5.75 Å². The highest BCUT2D eigenvalue weighted by Crippen LogP contribution is 2.22. The minimum atomic E-state index is -0.170. The summed E-state index contributed by atoms with van der Waals surface area (Å²) in [5.41, 5.74) is 0.903. The van der Waals surface area contributed by atoms with E-state index in [1.165, 1.54) is 4.90 Å². The van der Waals surface area contributed by atoms with E-state index in [1.54, 1.807) is 0 Å². The molecule has 1 fully saturated rings.